The Bertz CT molecular complexity index is 2480. The lowest BCUT2D eigenvalue weighted by atomic mass is 9.98. The maximum Gasteiger partial charge on any atom is 0.348 e. The van der Waals surface area contributed by atoms with E-state index in [2.05, 4.69) is 26.1 Å². The molecule has 1 fully saturated rings. The number of carbonyl (C=O) groups is 5. The number of aromatic hydroxyl groups is 2. The summed E-state index contributed by atoms with van der Waals surface area (Å²) in [5, 5.41) is 36.4. The van der Waals surface area contributed by atoms with Gasteiger partial charge in [-0.1, -0.05) is 19.9 Å². The van der Waals surface area contributed by atoms with Crippen LogP contribution in [0.15, 0.2) is 65.6 Å². The van der Waals surface area contributed by atoms with E-state index in [1.165, 1.54) is 15.5 Å². The van der Waals surface area contributed by atoms with Crippen molar-refractivity contribution in [2.75, 3.05) is 25.1 Å². The Balaban J connectivity index is 0.837. The number of anilines is 1. The van der Waals surface area contributed by atoms with Crippen molar-refractivity contribution in [3.05, 3.63) is 88.0 Å². The second-order valence-electron chi connectivity index (χ2n) is 14.6. The number of H-pyrrole nitrogens is 1. The zero-order valence-corrected chi connectivity index (χ0v) is 32.0. The number of aromatic amines is 1. The average molecular weight is 793 g/mol. The first-order valence-corrected chi connectivity index (χ1v) is 19.1. The van der Waals surface area contributed by atoms with Gasteiger partial charge in [-0.2, -0.15) is 5.10 Å². The van der Waals surface area contributed by atoms with Crippen molar-refractivity contribution in [1.82, 2.24) is 34.9 Å². The Kier molecular flexibility index (Phi) is 11.4. The fourth-order valence-electron chi connectivity index (χ4n) is 7.42. The molecule has 7 rings (SSSR count). The van der Waals surface area contributed by atoms with E-state index in [0.717, 1.165) is 10.9 Å². The van der Waals surface area contributed by atoms with Crippen LogP contribution in [0.25, 0.3) is 28.0 Å². The Morgan fingerprint density at radius 2 is 1.78 bits per heavy atom. The first kappa shape index (κ1) is 39.5. The van der Waals surface area contributed by atoms with E-state index in [4.69, 9.17) is 4.74 Å². The van der Waals surface area contributed by atoms with Crippen molar-refractivity contribution in [1.29, 1.82) is 0 Å². The smallest absolute Gasteiger partial charge is 0.348 e. The molecule has 3 aromatic carbocycles. The molecule has 0 aliphatic carbocycles. The van der Waals surface area contributed by atoms with E-state index < -0.39 is 17.6 Å². The first-order chi connectivity index (χ1) is 27.9. The van der Waals surface area contributed by atoms with E-state index in [0.29, 0.717) is 59.7 Å². The molecule has 0 spiro atoms. The van der Waals surface area contributed by atoms with Crippen LogP contribution >= 0.6 is 0 Å². The standard InChI is InChI=1S/C41H44N8O9/c1-23(2)27-20-28(34(51)21-33(27)50)38-45-46-41(57)49(38)25-9-10-31-24(19-25)13-15-47(31)16-18-58-17-14-42-35(52)7-4-8-36(53)43-30-6-3-5-26-29(30)22-48(40(26)56)32-11-12-37(54)44-39(32)55/h3,5-6,9-10,13,15,19-21,23,32,50-51H,4,7-8,11-12,14,16-18,22H2,1-2H3,(H,42,52)(H,43,53)(H,46,57)(H,44,54,55). The van der Waals surface area contributed by atoms with E-state index in [9.17, 15) is 39.0 Å². The van der Waals surface area contributed by atoms with Gasteiger partial charge in [-0.25, -0.2) is 14.5 Å². The second kappa shape index (κ2) is 16.8. The molecule has 58 heavy (non-hydrogen) atoms. The lowest BCUT2D eigenvalue weighted by molar-refractivity contribution is -0.137. The van der Waals surface area contributed by atoms with Crippen LogP contribution in [-0.2, 0) is 37.0 Å². The molecule has 1 unspecified atom stereocenters. The highest BCUT2D eigenvalue weighted by atomic mass is 16.5. The molecule has 1 atom stereocenters. The number of phenolic OH excluding ortho intramolecular Hbond substituents is 2. The molecule has 2 aromatic heterocycles. The second-order valence-corrected chi connectivity index (χ2v) is 14.6. The highest BCUT2D eigenvalue weighted by Crippen LogP contribution is 2.38. The fourth-order valence-corrected chi connectivity index (χ4v) is 7.42. The van der Waals surface area contributed by atoms with Gasteiger partial charge in [-0.05, 0) is 66.8 Å². The molecule has 6 N–H and O–H groups in total. The van der Waals surface area contributed by atoms with Crippen LogP contribution < -0.4 is 21.6 Å². The Labute approximate surface area is 332 Å². The number of benzene rings is 3. The van der Waals surface area contributed by atoms with Gasteiger partial charge in [0.1, 0.15) is 17.5 Å². The summed E-state index contributed by atoms with van der Waals surface area (Å²) in [6.07, 6.45) is 2.85. The van der Waals surface area contributed by atoms with E-state index in [1.54, 1.807) is 30.3 Å². The highest BCUT2D eigenvalue weighted by molar-refractivity contribution is 6.06. The number of amides is 5. The first-order valence-electron chi connectivity index (χ1n) is 19.1. The molecule has 5 amide bonds. The van der Waals surface area contributed by atoms with Crippen LogP contribution in [0.2, 0.25) is 0 Å². The van der Waals surface area contributed by atoms with Gasteiger partial charge in [0, 0.05) is 78.9 Å². The Hall–Kier alpha value is -6.75. The molecule has 2 aliphatic rings. The van der Waals surface area contributed by atoms with Crippen molar-refractivity contribution in [3.63, 3.8) is 0 Å². The van der Waals surface area contributed by atoms with E-state index in [1.807, 2.05) is 42.8 Å². The number of nitrogens with one attached hydrogen (secondary N) is 4. The van der Waals surface area contributed by atoms with Gasteiger partial charge in [-0.3, -0.25) is 29.3 Å². The normalized spacial score (nSPS) is 15.3. The number of rotatable bonds is 15. The predicted octanol–water partition coefficient (Wildman–Crippen LogP) is 3.42. The number of hydrogen-bond donors (Lipinski definition) is 6. The number of hydrogen-bond acceptors (Lipinski definition) is 10. The quantitative estimate of drug-likeness (QED) is 0.0669. The van der Waals surface area contributed by atoms with Gasteiger partial charge in [0.2, 0.25) is 23.6 Å². The van der Waals surface area contributed by atoms with Crippen molar-refractivity contribution >= 4 is 46.1 Å². The summed E-state index contributed by atoms with van der Waals surface area (Å²) in [6.45, 7) is 5.47. The number of nitrogens with zero attached hydrogens (tertiary/aromatic N) is 4. The predicted molar refractivity (Wildman–Crippen MR) is 211 cm³/mol. The molecular formula is C41H44N8O9. The van der Waals surface area contributed by atoms with Crippen LogP contribution in [-0.4, -0.2) is 89.8 Å². The maximum atomic E-state index is 13.1. The van der Waals surface area contributed by atoms with Crippen LogP contribution in [0, 0.1) is 0 Å². The molecule has 302 valence electrons. The monoisotopic (exact) mass is 792 g/mol. The molecule has 1 saturated heterocycles. The third kappa shape index (κ3) is 8.20. The summed E-state index contributed by atoms with van der Waals surface area (Å²) >= 11 is 0. The van der Waals surface area contributed by atoms with Gasteiger partial charge in [0.15, 0.2) is 5.82 Å². The number of carbonyl (C=O) groups excluding carboxylic acids is 5. The van der Waals surface area contributed by atoms with Crippen LogP contribution in [0.1, 0.15) is 73.4 Å². The molecule has 0 saturated carbocycles. The summed E-state index contributed by atoms with van der Waals surface area (Å²) in [5.41, 5.74) is 3.38. The van der Waals surface area contributed by atoms with E-state index >= 15 is 0 Å². The van der Waals surface area contributed by atoms with Crippen molar-refractivity contribution in [2.24, 2.45) is 0 Å². The third-order valence-electron chi connectivity index (χ3n) is 10.4. The fraction of sp³-hybridized carbons (Fsp3) is 0.341. The van der Waals surface area contributed by atoms with Crippen molar-refractivity contribution in [2.45, 2.75) is 71.0 Å². The van der Waals surface area contributed by atoms with Gasteiger partial charge < -0.3 is 35.1 Å². The maximum absolute atomic E-state index is 13.1. The molecule has 17 nitrogen and oxygen atoms in total. The minimum Gasteiger partial charge on any atom is -0.508 e. The molecule has 0 bridgehead atoms. The minimum absolute atomic E-state index is 0.0278. The SMILES string of the molecule is CC(C)c1cc(-c2n[nH]c(=O)n2-c2ccc3c(ccn3CCOCCNC(=O)CCCC(=O)Nc3cccc4c3CN(C3CCC(=O)NC3=O)C4=O)c2)c(O)cc1O. The Morgan fingerprint density at radius 1 is 0.966 bits per heavy atom. The van der Waals surface area contributed by atoms with Crippen LogP contribution in [0.5, 0.6) is 11.5 Å². The van der Waals surface area contributed by atoms with Gasteiger partial charge in [0.05, 0.1) is 24.5 Å². The lowest BCUT2D eigenvalue weighted by Crippen LogP contribution is -2.52. The molecule has 5 aromatic rings. The summed E-state index contributed by atoms with van der Waals surface area (Å²) in [6, 6.07) is 14.6. The van der Waals surface area contributed by atoms with Gasteiger partial charge >= 0.3 is 5.69 Å². The third-order valence-corrected chi connectivity index (χ3v) is 10.4. The van der Waals surface area contributed by atoms with E-state index in [-0.39, 0.29) is 85.7 Å². The topological polar surface area (TPSA) is 230 Å². The number of imide groups is 1. The Morgan fingerprint density at radius 3 is 2.57 bits per heavy atom. The van der Waals surface area contributed by atoms with Crippen LogP contribution in [0.3, 0.4) is 0 Å². The van der Waals surface area contributed by atoms with Gasteiger partial charge in [0.25, 0.3) is 5.91 Å². The van der Waals surface area contributed by atoms with Gasteiger partial charge in [-0.15, -0.1) is 0 Å². The molecular weight excluding hydrogens is 748 g/mol. The summed E-state index contributed by atoms with van der Waals surface area (Å²) < 4.78 is 9.15. The molecule has 17 heteroatoms. The lowest BCUT2D eigenvalue weighted by Gasteiger charge is -2.29. The number of piperidine rings is 1. The van der Waals surface area contributed by atoms with Crippen LogP contribution in [0.4, 0.5) is 5.69 Å². The largest absolute Gasteiger partial charge is 0.508 e. The molecule has 0 radical (unpaired) electrons. The number of aromatic nitrogens is 4. The number of ether oxygens (including phenoxy) is 1. The zero-order chi connectivity index (χ0) is 41.1. The zero-order valence-electron chi connectivity index (χ0n) is 32.0. The van der Waals surface area contributed by atoms with Crippen molar-refractivity contribution < 1.29 is 38.9 Å². The molecule has 2 aliphatic heterocycles. The summed E-state index contributed by atoms with van der Waals surface area (Å²) in [7, 11) is 0. The summed E-state index contributed by atoms with van der Waals surface area (Å²) in [4.78, 5) is 76.5. The number of fused-ring (bicyclic) bond motifs is 2. The number of phenols is 2. The summed E-state index contributed by atoms with van der Waals surface area (Å²) in [5.74, 6) is -1.77. The van der Waals surface area contributed by atoms with Crippen molar-refractivity contribution in [3.8, 4) is 28.6 Å². The minimum atomic E-state index is -0.755. The highest BCUT2D eigenvalue weighted by Gasteiger charge is 2.40. The molecule has 4 heterocycles. The average Bonchev–Trinajstić information content (AvgIpc) is 3.87.